The summed E-state index contributed by atoms with van der Waals surface area (Å²) in [7, 11) is 0. The second-order valence-electron chi connectivity index (χ2n) is 3.80. The Balaban J connectivity index is 2.11. The summed E-state index contributed by atoms with van der Waals surface area (Å²) < 4.78 is 6.31. The lowest BCUT2D eigenvalue weighted by molar-refractivity contribution is 0.177. The average molecular weight is 246 g/mol. The van der Waals surface area contributed by atoms with Crippen molar-refractivity contribution in [2.24, 2.45) is 5.92 Å². The molecule has 1 fully saturated rings. The topological polar surface area (TPSA) is 21.3 Å². The number of rotatable bonds is 4. The Labute approximate surface area is 99.6 Å². The van der Waals surface area contributed by atoms with Gasteiger partial charge in [0.1, 0.15) is 0 Å². The Hall–Kier alpha value is -0.0900. The van der Waals surface area contributed by atoms with E-state index in [0.717, 1.165) is 30.5 Å². The van der Waals surface area contributed by atoms with E-state index in [1.165, 1.54) is 4.88 Å². The summed E-state index contributed by atoms with van der Waals surface area (Å²) in [5.41, 5.74) is 0. The zero-order valence-corrected chi connectivity index (χ0v) is 10.4. The summed E-state index contributed by atoms with van der Waals surface area (Å²) >= 11 is 7.64. The van der Waals surface area contributed by atoms with Crippen LogP contribution in [0.25, 0.3) is 0 Å². The van der Waals surface area contributed by atoms with E-state index in [-0.39, 0.29) is 0 Å². The average Bonchev–Trinajstić information content (AvgIpc) is 2.85. The number of halogens is 1. The molecule has 0 saturated carbocycles. The van der Waals surface area contributed by atoms with Crippen LogP contribution in [0.4, 0.5) is 0 Å². The van der Waals surface area contributed by atoms with E-state index in [2.05, 4.69) is 18.3 Å². The van der Waals surface area contributed by atoms with Crippen molar-refractivity contribution in [3.05, 3.63) is 21.3 Å². The van der Waals surface area contributed by atoms with Gasteiger partial charge < -0.3 is 10.1 Å². The Kier molecular flexibility index (Phi) is 4.03. The Bertz CT molecular complexity index is 309. The maximum absolute atomic E-state index is 5.97. The van der Waals surface area contributed by atoms with E-state index in [9.17, 15) is 0 Å². The van der Waals surface area contributed by atoms with Crippen LogP contribution in [0.5, 0.6) is 0 Å². The molecular weight excluding hydrogens is 230 g/mol. The van der Waals surface area contributed by atoms with E-state index in [4.69, 9.17) is 16.3 Å². The van der Waals surface area contributed by atoms with Gasteiger partial charge >= 0.3 is 0 Å². The molecule has 0 spiro atoms. The third kappa shape index (κ3) is 2.72. The lowest BCUT2D eigenvalue weighted by Crippen LogP contribution is -2.27. The van der Waals surface area contributed by atoms with Crippen LogP contribution < -0.4 is 5.32 Å². The van der Waals surface area contributed by atoms with Crippen LogP contribution >= 0.6 is 22.9 Å². The normalized spacial score (nSPS) is 23.2. The SMILES string of the molecule is CCNC(c1ccc(Cl)s1)C1CCOC1. The second-order valence-corrected chi connectivity index (χ2v) is 5.55. The zero-order chi connectivity index (χ0) is 10.7. The molecule has 4 heteroatoms. The predicted molar refractivity (Wildman–Crippen MR) is 64.7 cm³/mol. The lowest BCUT2D eigenvalue weighted by Gasteiger charge is -2.21. The summed E-state index contributed by atoms with van der Waals surface area (Å²) in [6.45, 7) is 4.88. The van der Waals surface area contributed by atoms with E-state index < -0.39 is 0 Å². The summed E-state index contributed by atoms with van der Waals surface area (Å²) in [6, 6.07) is 4.51. The molecule has 15 heavy (non-hydrogen) atoms. The van der Waals surface area contributed by atoms with Gasteiger partial charge in [-0.15, -0.1) is 11.3 Å². The van der Waals surface area contributed by atoms with Crippen LogP contribution in [0, 0.1) is 5.92 Å². The van der Waals surface area contributed by atoms with Gasteiger partial charge in [0, 0.05) is 23.4 Å². The summed E-state index contributed by atoms with van der Waals surface area (Å²) in [6.07, 6.45) is 1.15. The molecule has 2 rings (SSSR count). The minimum Gasteiger partial charge on any atom is -0.381 e. The first-order valence-electron chi connectivity index (χ1n) is 5.37. The maximum Gasteiger partial charge on any atom is 0.0931 e. The van der Waals surface area contributed by atoms with Crippen molar-refractivity contribution in [1.29, 1.82) is 0 Å². The Morgan fingerprint density at radius 2 is 2.53 bits per heavy atom. The molecule has 0 amide bonds. The van der Waals surface area contributed by atoms with Crippen molar-refractivity contribution < 1.29 is 4.74 Å². The van der Waals surface area contributed by atoms with Gasteiger partial charge in [-0.2, -0.15) is 0 Å². The van der Waals surface area contributed by atoms with Gasteiger partial charge in [0.15, 0.2) is 0 Å². The summed E-state index contributed by atoms with van der Waals surface area (Å²) in [5.74, 6) is 0.597. The van der Waals surface area contributed by atoms with Crippen molar-refractivity contribution in [2.45, 2.75) is 19.4 Å². The third-order valence-electron chi connectivity index (χ3n) is 2.76. The molecule has 0 radical (unpaired) electrons. The van der Waals surface area contributed by atoms with Crippen LogP contribution in [-0.2, 0) is 4.74 Å². The molecule has 2 heterocycles. The minimum atomic E-state index is 0.412. The molecule has 1 aromatic heterocycles. The first-order valence-corrected chi connectivity index (χ1v) is 6.57. The molecule has 0 aromatic carbocycles. The summed E-state index contributed by atoms with van der Waals surface area (Å²) in [4.78, 5) is 1.33. The fraction of sp³-hybridized carbons (Fsp3) is 0.636. The van der Waals surface area contributed by atoms with Gasteiger partial charge in [-0.05, 0) is 25.1 Å². The highest BCUT2D eigenvalue weighted by Gasteiger charge is 2.27. The van der Waals surface area contributed by atoms with Crippen LogP contribution in [-0.4, -0.2) is 19.8 Å². The highest BCUT2D eigenvalue weighted by atomic mass is 35.5. The second kappa shape index (κ2) is 5.30. The van der Waals surface area contributed by atoms with Gasteiger partial charge in [-0.25, -0.2) is 0 Å². The smallest absolute Gasteiger partial charge is 0.0931 e. The number of hydrogen-bond acceptors (Lipinski definition) is 3. The van der Waals surface area contributed by atoms with Crippen molar-refractivity contribution in [3.8, 4) is 0 Å². The van der Waals surface area contributed by atoms with Crippen molar-refractivity contribution in [3.63, 3.8) is 0 Å². The van der Waals surface area contributed by atoms with Crippen molar-refractivity contribution in [1.82, 2.24) is 5.32 Å². The van der Waals surface area contributed by atoms with E-state index in [1.807, 2.05) is 6.07 Å². The molecule has 2 nitrogen and oxygen atoms in total. The van der Waals surface area contributed by atoms with Crippen LogP contribution in [0.1, 0.15) is 24.3 Å². The first kappa shape index (κ1) is 11.4. The summed E-state index contributed by atoms with van der Waals surface area (Å²) in [5, 5.41) is 3.53. The molecule has 0 aliphatic carbocycles. The van der Waals surface area contributed by atoms with Crippen molar-refractivity contribution in [2.75, 3.05) is 19.8 Å². The van der Waals surface area contributed by atoms with E-state index in [0.29, 0.717) is 12.0 Å². The van der Waals surface area contributed by atoms with Crippen molar-refractivity contribution >= 4 is 22.9 Å². The fourth-order valence-corrected chi connectivity index (χ4v) is 3.26. The van der Waals surface area contributed by atoms with Gasteiger partial charge in [0.05, 0.1) is 10.9 Å². The molecule has 0 bridgehead atoms. The van der Waals surface area contributed by atoms with Crippen LogP contribution in [0.15, 0.2) is 12.1 Å². The van der Waals surface area contributed by atoms with E-state index >= 15 is 0 Å². The number of hydrogen-bond donors (Lipinski definition) is 1. The molecule has 1 aliphatic heterocycles. The molecule has 1 N–H and O–H groups in total. The predicted octanol–water partition coefficient (Wildman–Crippen LogP) is 3.09. The number of nitrogens with one attached hydrogen (secondary N) is 1. The number of ether oxygens (including phenoxy) is 1. The maximum atomic E-state index is 5.97. The first-order chi connectivity index (χ1) is 7.31. The molecule has 84 valence electrons. The van der Waals surface area contributed by atoms with Crippen LogP contribution in [0.3, 0.4) is 0 Å². The molecule has 1 aromatic rings. The van der Waals surface area contributed by atoms with Gasteiger partial charge in [0.2, 0.25) is 0 Å². The van der Waals surface area contributed by atoms with Gasteiger partial charge in [0.25, 0.3) is 0 Å². The van der Waals surface area contributed by atoms with E-state index in [1.54, 1.807) is 11.3 Å². The van der Waals surface area contributed by atoms with Gasteiger partial charge in [-0.3, -0.25) is 0 Å². The lowest BCUT2D eigenvalue weighted by atomic mass is 9.98. The molecular formula is C11H16ClNOS. The molecule has 2 atom stereocenters. The molecule has 1 aliphatic rings. The highest BCUT2D eigenvalue weighted by molar-refractivity contribution is 7.16. The molecule has 1 saturated heterocycles. The quantitative estimate of drug-likeness (QED) is 0.880. The standard InChI is InChI=1S/C11H16ClNOS/c1-2-13-11(8-5-6-14-7-8)9-3-4-10(12)15-9/h3-4,8,11,13H,2,5-7H2,1H3. The Morgan fingerprint density at radius 1 is 1.67 bits per heavy atom. The van der Waals surface area contributed by atoms with Gasteiger partial charge in [-0.1, -0.05) is 18.5 Å². The largest absolute Gasteiger partial charge is 0.381 e. The number of thiophene rings is 1. The highest BCUT2D eigenvalue weighted by Crippen LogP contribution is 2.34. The Morgan fingerprint density at radius 3 is 3.07 bits per heavy atom. The molecule has 2 unspecified atom stereocenters. The monoisotopic (exact) mass is 245 g/mol. The zero-order valence-electron chi connectivity index (χ0n) is 8.83. The third-order valence-corrected chi connectivity index (χ3v) is 4.08. The van der Waals surface area contributed by atoms with Crippen LogP contribution in [0.2, 0.25) is 4.34 Å². The fourth-order valence-electron chi connectivity index (χ4n) is 2.03. The minimum absolute atomic E-state index is 0.412.